The second kappa shape index (κ2) is 24.1. The summed E-state index contributed by atoms with van der Waals surface area (Å²) in [5.74, 6) is 2.33. The molecule has 2 aliphatic carbocycles. The Morgan fingerprint density at radius 3 is 1.33 bits per heavy atom. The molecule has 0 radical (unpaired) electrons. The van der Waals surface area contributed by atoms with Crippen molar-refractivity contribution in [3.8, 4) is 0 Å². The van der Waals surface area contributed by atoms with Crippen molar-refractivity contribution < 1.29 is 19.2 Å². The number of hydrogen-bond donors (Lipinski definition) is 2. The number of piperidine rings is 4. The van der Waals surface area contributed by atoms with Gasteiger partial charge in [0.1, 0.15) is 0 Å². The number of likely N-dealkylation sites (tertiary alicyclic amines) is 4. The van der Waals surface area contributed by atoms with E-state index >= 15 is 0 Å². The number of pyridine rings is 2. The molecule has 10 rings (SSSR count). The number of aromatic nitrogens is 2. The second-order valence-electron chi connectivity index (χ2n) is 21.2. The Kier molecular flexibility index (Phi) is 17.8. The maximum absolute atomic E-state index is 13.2. The number of fused-ring (bicyclic) bond motifs is 4. The van der Waals surface area contributed by atoms with Crippen molar-refractivity contribution in [2.45, 2.75) is 115 Å². The van der Waals surface area contributed by atoms with Gasteiger partial charge in [-0.3, -0.25) is 19.6 Å². The predicted molar refractivity (Wildman–Crippen MR) is 298 cm³/mol. The van der Waals surface area contributed by atoms with Crippen LogP contribution in [0.15, 0.2) is 62.2 Å². The van der Waals surface area contributed by atoms with Crippen LogP contribution in [-0.2, 0) is 41.7 Å². The van der Waals surface area contributed by atoms with Gasteiger partial charge in [0, 0.05) is 113 Å². The molecule has 73 heavy (non-hydrogen) atoms. The van der Waals surface area contributed by atoms with Gasteiger partial charge < -0.3 is 31.1 Å². The largest absolute Gasteiger partial charge is 0.351 e. The molecule has 0 bridgehead atoms. The molecule has 4 fully saturated rings. The van der Waals surface area contributed by atoms with Crippen LogP contribution in [0.4, 0.5) is 9.59 Å². The molecule has 4 saturated heterocycles. The van der Waals surface area contributed by atoms with Crippen molar-refractivity contribution >= 4 is 94.9 Å². The van der Waals surface area contributed by atoms with Crippen LogP contribution in [0.25, 0.3) is 0 Å². The first-order valence-electron chi connectivity index (χ1n) is 26.4. The highest BCUT2D eigenvalue weighted by Gasteiger charge is 2.39. The zero-order valence-corrected chi connectivity index (χ0v) is 48.0. The summed E-state index contributed by atoms with van der Waals surface area (Å²) in [7, 11) is 0. The average Bonchev–Trinajstić information content (AvgIpc) is 3.64. The highest BCUT2D eigenvalue weighted by atomic mass is 79.9. The Morgan fingerprint density at radius 1 is 0.534 bits per heavy atom. The first-order chi connectivity index (χ1) is 35.1. The van der Waals surface area contributed by atoms with E-state index in [1.54, 1.807) is 9.80 Å². The van der Waals surface area contributed by atoms with E-state index in [4.69, 9.17) is 44.6 Å². The zero-order chi connectivity index (χ0) is 51.5. The monoisotopic (exact) mass is 1220 g/mol. The maximum atomic E-state index is 13.2. The first kappa shape index (κ1) is 54.0. The van der Waals surface area contributed by atoms with E-state index in [9.17, 15) is 19.2 Å². The van der Waals surface area contributed by atoms with Crippen molar-refractivity contribution in [2.75, 3.05) is 52.4 Å². The molecule has 390 valence electrons. The Balaban J connectivity index is 0.000000180. The van der Waals surface area contributed by atoms with Gasteiger partial charge in [0.15, 0.2) is 0 Å². The molecule has 6 amide bonds. The summed E-state index contributed by atoms with van der Waals surface area (Å²) in [5.41, 5.74) is 22.3. The SMILES string of the molecule is CCc1cnc2c(c1)CCc1cc(Cl)cc(Br)c1C2C1CCN(C(=O)CC2CCN(C(N)=O)CC2)CC1.NC(=O)N1CCC(CC(=O)N2CCC(C3c4ncc(Br)cc4CCc4cc(Cl)cc(Br)c43)CC2)CC1. The molecule has 4 aromatic rings. The third-order valence-corrected chi connectivity index (χ3v) is 19.0. The number of rotatable bonds is 7. The van der Waals surface area contributed by atoms with Gasteiger partial charge in [-0.05, 0) is 192 Å². The van der Waals surface area contributed by atoms with Crippen LogP contribution >= 0.6 is 71.0 Å². The van der Waals surface area contributed by atoms with E-state index in [-0.39, 0.29) is 35.7 Å². The van der Waals surface area contributed by atoms with E-state index in [0.717, 1.165) is 139 Å². The van der Waals surface area contributed by atoms with E-state index in [0.29, 0.717) is 62.7 Å². The maximum Gasteiger partial charge on any atom is 0.314 e. The molecular weight excluding hydrogens is 1160 g/mol. The number of carbonyl (C=O) groups is 4. The van der Waals surface area contributed by atoms with Crippen LogP contribution in [0.1, 0.15) is 133 Å². The van der Waals surface area contributed by atoms with Crippen LogP contribution in [-0.4, -0.2) is 106 Å². The summed E-state index contributed by atoms with van der Waals surface area (Å²) in [6.07, 6.45) is 17.1. The molecule has 6 heterocycles. The van der Waals surface area contributed by atoms with E-state index in [1.807, 2.05) is 29.4 Å². The molecule has 2 atom stereocenters. The molecule has 0 saturated carbocycles. The highest BCUT2D eigenvalue weighted by molar-refractivity contribution is 9.11. The van der Waals surface area contributed by atoms with Gasteiger partial charge in [-0.1, -0.05) is 68.1 Å². The Hall–Kier alpha value is -3.76. The summed E-state index contributed by atoms with van der Waals surface area (Å²) in [6.45, 7) is 7.89. The van der Waals surface area contributed by atoms with E-state index < -0.39 is 0 Å². The van der Waals surface area contributed by atoms with Gasteiger partial charge in [-0.25, -0.2) is 9.59 Å². The fourth-order valence-corrected chi connectivity index (χ4v) is 15.4. The number of halogens is 5. The molecule has 2 aromatic heterocycles. The number of aryl methyl sites for hydroxylation is 5. The lowest BCUT2D eigenvalue weighted by atomic mass is 9.76. The number of urea groups is 2. The van der Waals surface area contributed by atoms with Crippen molar-refractivity contribution in [2.24, 2.45) is 35.1 Å². The minimum Gasteiger partial charge on any atom is -0.351 e. The second-order valence-corrected chi connectivity index (χ2v) is 24.7. The smallest absolute Gasteiger partial charge is 0.314 e. The van der Waals surface area contributed by atoms with Crippen LogP contribution in [0.5, 0.6) is 0 Å². The summed E-state index contributed by atoms with van der Waals surface area (Å²) in [6, 6.07) is 12.1. The van der Waals surface area contributed by atoms with Crippen LogP contribution < -0.4 is 11.5 Å². The number of amides is 6. The quantitative estimate of drug-likeness (QED) is 0.187. The standard InChI is InChI=1S/C29H36BrClN4O2.C27H31Br2ClN4O2/c1-2-18-13-22-4-3-21-15-23(31)16-24(30)26(21)27(28(22)33-17-18)20-7-11-34(12-8-20)25(36)14-19-5-9-35(10-6-19)29(32)37;28-20-12-19-2-1-18-13-21(30)14-22(29)24(18)25(26(19)32-15-20)17-5-9-33(10-6-17)23(35)11-16-3-7-34(8-4-16)27(31)36/h13,15-17,19-20,27H,2-12,14H2,1H3,(H2,32,37);12-17,25H,1-11H2,(H2,31,36). The zero-order valence-electron chi connectivity index (χ0n) is 41.7. The lowest BCUT2D eigenvalue weighted by molar-refractivity contribution is -0.134. The summed E-state index contributed by atoms with van der Waals surface area (Å²) in [4.78, 5) is 66.5. The predicted octanol–water partition coefficient (Wildman–Crippen LogP) is 11.6. The number of carbonyl (C=O) groups excluding carboxylic acids is 4. The van der Waals surface area contributed by atoms with Crippen LogP contribution in [0, 0.1) is 23.7 Å². The van der Waals surface area contributed by atoms with Gasteiger partial charge in [0.05, 0.1) is 11.4 Å². The summed E-state index contributed by atoms with van der Waals surface area (Å²) >= 11 is 24.2. The molecule has 17 heteroatoms. The number of nitrogens with two attached hydrogens (primary N) is 2. The van der Waals surface area contributed by atoms with Crippen molar-refractivity contribution in [1.29, 1.82) is 0 Å². The van der Waals surface area contributed by atoms with Gasteiger partial charge in [0.25, 0.3) is 0 Å². The molecule has 12 nitrogen and oxygen atoms in total. The number of primary amides is 2. The van der Waals surface area contributed by atoms with Gasteiger partial charge >= 0.3 is 12.1 Å². The number of hydrogen-bond acceptors (Lipinski definition) is 6. The fourth-order valence-electron chi connectivity index (χ4n) is 12.8. The Morgan fingerprint density at radius 2 is 0.918 bits per heavy atom. The molecule has 6 aliphatic rings. The van der Waals surface area contributed by atoms with Crippen molar-refractivity contribution in [3.05, 3.63) is 123 Å². The minimum absolute atomic E-state index is 0.174. The van der Waals surface area contributed by atoms with Crippen molar-refractivity contribution in [3.63, 3.8) is 0 Å². The lowest BCUT2D eigenvalue weighted by Gasteiger charge is -2.38. The molecule has 2 aromatic carbocycles. The Labute approximate surface area is 465 Å². The molecule has 4 aliphatic heterocycles. The normalized spacial score (nSPS) is 20.9. The third-order valence-electron chi connectivity index (χ3n) is 16.8. The molecule has 2 unspecified atom stereocenters. The number of nitrogens with zero attached hydrogens (tertiary/aromatic N) is 6. The van der Waals surface area contributed by atoms with Gasteiger partial charge in [-0.2, -0.15) is 0 Å². The van der Waals surface area contributed by atoms with Crippen LogP contribution in [0.2, 0.25) is 10.0 Å². The topological polar surface area (TPSA) is 159 Å². The summed E-state index contributed by atoms with van der Waals surface area (Å²) < 4.78 is 3.12. The lowest BCUT2D eigenvalue weighted by Crippen LogP contribution is -2.44. The first-order valence-corrected chi connectivity index (χ1v) is 29.5. The molecular formula is C56H67Br3Cl2N8O4. The van der Waals surface area contributed by atoms with Gasteiger partial charge in [-0.15, -0.1) is 0 Å². The third kappa shape index (κ3) is 12.6. The highest BCUT2D eigenvalue weighted by Crippen LogP contribution is 2.48. The van der Waals surface area contributed by atoms with Crippen LogP contribution in [0.3, 0.4) is 0 Å². The summed E-state index contributed by atoms with van der Waals surface area (Å²) in [5, 5.41) is 1.51. The van der Waals surface area contributed by atoms with E-state index in [1.165, 1.54) is 44.6 Å². The van der Waals surface area contributed by atoms with E-state index in [2.05, 4.69) is 83.9 Å². The van der Waals surface area contributed by atoms with Crippen molar-refractivity contribution in [1.82, 2.24) is 29.6 Å². The fraction of sp³-hybridized carbons (Fsp3) is 0.536. The van der Waals surface area contributed by atoms with Gasteiger partial charge in [0.2, 0.25) is 11.8 Å². The molecule has 4 N–H and O–H groups in total. The average molecular weight is 1230 g/mol. The Bertz CT molecular complexity index is 2700. The number of benzene rings is 2. The molecule has 0 spiro atoms. The minimum atomic E-state index is -0.362.